The maximum absolute atomic E-state index is 12.7. The van der Waals surface area contributed by atoms with E-state index >= 15 is 0 Å². The minimum Gasteiger partial charge on any atom is -0.490 e. The molecule has 5 heteroatoms. The molecule has 0 unspecified atom stereocenters. The topological polar surface area (TPSA) is 58.6 Å². The summed E-state index contributed by atoms with van der Waals surface area (Å²) < 4.78 is 6.01. The summed E-state index contributed by atoms with van der Waals surface area (Å²) in [5.74, 6) is 0.710. The summed E-state index contributed by atoms with van der Waals surface area (Å²) in [5.41, 5.74) is 2.02. The van der Waals surface area contributed by atoms with Crippen LogP contribution < -0.4 is 15.0 Å². The summed E-state index contributed by atoms with van der Waals surface area (Å²) in [6.45, 7) is 0.713. The van der Waals surface area contributed by atoms with Gasteiger partial charge in [0.15, 0.2) is 0 Å². The molecule has 5 nitrogen and oxygen atoms in total. The van der Waals surface area contributed by atoms with E-state index in [1.54, 1.807) is 17.0 Å². The number of ether oxygens (including phenoxy) is 1. The van der Waals surface area contributed by atoms with Gasteiger partial charge in [0.05, 0.1) is 6.10 Å². The summed E-state index contributed by atoms with van der Waals surface area (Å²) in [6.07, 6.45) is 6.35. The minimum atomic E-state index is -0.193. The van der Waals surface area contributed by atoms with Crippen LogP contribution in [0.4, 0.5) is 11.4 Å². The zero-order valence-electron chi connectivity index (χ0n) is 15.3. The van der Waals surface area contributed by atoms with Gasteiger partial charge in [-0.1, -0.05) is 12.1 Å². The van der Waals surface area contributed by atoms with E-state index < -0.39 is 0 Å². The molecule has 2 aromatic rings. The lowest BCUT2D eigenvalue weighted by atomic mass is 10.1. The Bertz CT molecular complexity index is 843. The molecule has 1 saturated heterocycles. The molecule has 2 aromatic carbocycles. The van der Waals surface area contributed by atoms with Gasteiger partial charge < -0.3 is 15.0 Å². The van der Waals surface area contributed by atoms with Gasteiger partial charge in [-0.2, -0.15) is 0 Å². The molecule has 2 fully saturated rings. The molecular formula is C22H24N2O3. The molecule has 1 aliphatic heterocycles. The van der Waals surface area contributed by atoms with Crippen molar-refractivity contribution in [3.63, 3.8) is 0 Å². The summed E-state index contributed by atoms with van der Waals surface area (Å²) in [7, 11) is 0. The van der Waals surface area contributed by atoms with E-state index in [-0.39, 0.29) is 17.9 Å². The third-order valence-corrected chi connectivity index (χ3v) is 5.19. The van der Waals surface area contributed by atoms with Crippen LogP contribution in [-0.2, 0) is 4.79 Å². The number of benzene rings is 2. The highest BCUT2D eigenvalue weighted by atomic mass is 16.5. The molecule has 27 heavy (non-hydrogen) atoms. The number of hydrogen-bond acceptors (Lipinski definition) is 3. The van der Waals surface area contributed by atoms with Gasteiger partial charge in [-0.3, -0.25) is 9.59 Å². The van der Waals surface area contributed by atoms with Crippen LogP contribution in [0.25, 0.3) is 0 Å². The van der Waals surface area contributed by atoms with Gasteiger partial charge in [-0.15, -0.1) is 0 Å². The highest BCUT2D eigenvalue weighted by Crippen LogP contribution is 2.26. The third kappa shape index (κ3) is 4.13. The van der Waals surface area contributed by atoms with E-state index in [4.69, 9.17) is 4.74 Å². The van der Waals surface area contributed by atoms with Crippen molar-refractivity contribution in [1.29, 1.82) is 0 Å². The number of hydrogen-bond donors (Lipinski definition) is 1. The fourth-order valence-corrected chi connectivity index (χ4v) is 3.79. The fourth-order valence-electron chi connectivity index (χ4n) is 3.79. The second-order valence-corrected chi connectivity index (χ2v) is 7.21. The van der Waals surface area contributed by atoms with Crippen LogP contribution in [0.15, 0.2) is 48.5 Å². The number of nitrogens with one attached hydrogen (secondary N) is 1. The lowest BCUT2D eigenvalue weighted by Crippen LogP contribution is -2.24. The molecule has 0 atom stereocenters. The smallest absolute Gasteiger partial charge is 0.255 e. The first kappa shape index (κ1) is 17.6. The van der Waals surface area contributed by atoms with Crippen molar-refractivity contribution in [3.05, 3.63) is 54.1 Å². The zero-order chi connectivity index (χ0) is 18.6. The monoisotopic (exact) mass is 364 g/mol. The van der Waals surface area contributed by atoms with Gasteiger partial charge in [0.2, 0.25) is 5.91 Å². The second kappa shape index (κ2) is 7.82. The Kier molecular flexibility index (Phi) is 5.10. The first-order valence-corrected chi connectivity index (χ1v) is 9.67. The van der Waals surface area contributed by atoms with E-state index in [2.05, 4.69) is 5.32 Å². The predicted molar refractivity (Wildman–Crippen MR) is 105 cm³/mol. The molecule has 1 aliphatic carbocycles. The van der Waals surface area contributed by atoms with Gasteiger partial charge in [-0.05, 0) is 62.4 Å². The van der Waals surface area contributed by atoms with Gasteiger partial charge in [0, 0.05) is 36.0 Å². The van der Waals surface area contributed by atoms with Gasteiger partial charge >= 0.3 is 0 Å². The van der Waals surface area contributed by atoms with Crippen LogP contribution in [0.3, 0.4) is 0 Å². The molecule has 0 radical (unpaired) electrons. The van der Waals surface area contributed by atoms with Crippen LogP contribution in [0.5, 0.6) is 5.75 Å². The number of amides is 2. The number of carbonyl (C=O) groups excluding carboxylic acids is 2. The molecular weight excluding hydrogens is 340 g/mol. The molecule has 1 N–H and O–H groups in total. The zero-order valence-corrected chi connectivity index (χ0v) is 15.3. The van der Waals surface area contributed by atoms with E-state index in [0.717, 1.165) is 30.7 Å². The summed E-state index contributed by atoms with van der Waals surface area (Å²) in [6, 6.07) is 14.8. The fraction of sp³-hybridized carbons (Fsp3) is 0.364. The molecule has 4 rings (SSSR count). The Labute approximate surface area is 159 Å². The highest BCUT2D eigenvalue weighted by molar-refractivity contribution is 6.05. The first-order valence-electron chi connectivity index (χ1n) is 9.67. The molecule has 0 aromatic heterocycles. The Morgan fingerprint density at radius 2 is 1.85 bits per heavy atom. The first-order chi connectivity index (χ1) is 13.2. The molecule has 0 spiro atoms. The van der Waals surface area contributed by atoms with Crippen LogP contribution in [0.1, 0.15) is 48.9 Å². The molecule has 2 amide bonds. The summed E-state index contributed by atoms with van der Waals surface area (Å²) in [4.78, 5) is 26.3. The standard InChI is InChI=1S/C22H24N2O3/c25-21-12-5-13-24(21)18-8-3-6-16(14-18)22(26)23-17-7-4-11-20(15-17)27-19-9-1-2-10-19/h3-4,6-8,11,14-15,19H,1-2,5,9-10,12-13H2,(H,23,26). The second-order valence-electron chi connectivity index (χ2n) is 7.21. The Hall–Kier alpha value is -2.82. The van der Waals surface area contributed by atoms with Crippen molar-refractivity contribution in [2.24, 2.45) is 0 Å². The maximum atomic E-state index is 12.7. The number of nitrogens with zero attached hydrogens (tertiary/aromatic N) is 1. The lowest BCUT2D eigenvalue weighted by molar-refractivity contribution is -0.117. The van der Waals surface area contributed by atoms with Crippen LogP contribution in [0.2, 0.25) is 0 Å². The Balaban J connectivity index is 1.45. The average molecular weight is 364 g/mol. The molecule has 2 aliphatic rings. The van der Waals surface area contributed by atoms with E-state index in [1.807, 2.05) is 36.4 Å². The van der Waals surface area contributed by atoms with Crippen molar-refractivity contribution >= 4 is 23.2 Å². The van der Waals surface area contributed by atoms with Crippen LogP contribution >= 0.6 is 0 Å². The van der Waals surface area contributed by atoms with Gasteiger partial charge in [0.1, 0.15) is 5.75 Å². The molecule has 1 heterocycles. The Morgan fingerprint density at radius 1 is 1.04 bits per heavy atom. The highest BCUT2D eigenvalue weighted by Gasteiger charge is 2.22. The van der Waals surface area contributed by atoms with E-state index in [9.17, 15) is 9.59 Å². The van der Waals surface area contributed by atoms with Crippen LogP contribution in [0, 0.1) is 0 Å². The van der Waals surface area contributed by atoms with E-state index in [1.165, 1.54) is 12.8 Å². The summed E-state index contributed by atoms with van der Waals surface area (Å²) >= 11 is 0. The number of anilines is 2. The lowest BCUT2D eigenvalue weighted by Gasteiger charge is -2.17. The third-order valence-electron chi connectivity index (χ3n) is 5.19. The number of rotatable bonds is 5. The van der Waals surface area contributed by atoms with Gasteiger partial charge in [0.25, 0.3) is 5.91 Å². The normalized spacial score (nSPS) is 17.3. The SMILES string of the molecule is O=C(Nc1cccc(OC2CCCC2)c1)c1cccc(N2CCCC2=O)c1. The van der Waals surface area contributed by atoms with Crippen molar-refractivity contribution in [2.45, 2.75) is 44.6 Å². The minimum absolute atomic E-state index is 0.115. The molecule has 140 valence electrons. The largest absolute Gasteiger partial charge is 0.490 e. The number of carbonyl (C=O) groups is 2. The van der Waals surface area contributed by atoms with E-state index in [0.29, 0.717) is 24.2 Å². The van der Waals surface area contributed by atoms with Crippen LogP contribution in [-0.4, -0.2) is 24.5 Å². The maximum Gasteiger partial charge on any atom is 0.255 e. The Morgan fingerprint density at radius 3 is 2.63 bits per heavy atom. The van der Waals surface area contributed by atoms with Crippen molar-refractivity contribution in [1.82, 2.24) is 0 Å². The molecule has 1 saturated carbocycles. The predicted octanol–water partition coefficient (Wildman–Crippen LogP) is 4.39. The quantitative estimate of drug-likeness (QED) is 0.856. The summed E-state index contributed by atoms with van der Waals surface area (Å²) in [5, 5.41) is 2.93. The average Bonchev–Trinajstić information content (AvgIpc) is 3.34. The van der Waals surface area contributed by atoms with Crippen molar-refractivity contribution < 1.29 is 14.3 Å². The van der Waals surface area contributed by atoms with Crippen molar-refractivity contribution in [2.75, 3.05) is 16.8 Å². The van der Waals surface area contributed by atoms with Gasteiger partial charge in [-0.25, -0.2) is 0 Å². The molecule has 0 bridgehead atoms. The van der Waals surface area contributed by atoms with Crippen molar-refractivity contribution in [3.8, 4) is 5.75 Å².